The molecule has 1 aromatic heterocycles. The molecule has 0 aliphatic carbocycles. The highest BCUT2D eigenvalue weighted by Gasteiger charge is 2.20. The lowest BCUT2D eigenvalue weighted by Crippen LogP contribution is -2.32. The minimum Gasteiger partial charge on any atom is -0.314 e. The van der Waals surface area contributed by atoms with E-state index in [2.05, 4.69) is 36.1 Å². The number of hydrogen-bond donors (Lipinski definition) is 1. The van der Waals surface area contributed by atoms with E-state index in [1.54, 1.807) is 0 Å². The van der Waals surface area contributed by atoms with Crippen molar-refractivity contribution in [1.82, 2.24) is 15.3 Å². The molecule has 0 saturated heterocycles. The highest BCUT2D eigenvalue weighted by atomic mass is 14.9. The molecule has 0 bridgehead atoms. The normalized spacial score (nSPS) is 14.8. The van der Waals surface area contributed by atoms with Gasteiger partial charge in [0.2, 0.25) is 0 Å². The van der Waals surface area contributed by atoms with Crippen molar-refractivity contribution in [3.05, 3.63) is 23.3 Å². The fourth-order valence-electron chi connectivity index (χ4n) is 2.16. The smallest absolute Gasteiger partial charge is 0.0665 e. The minimum atomic E-state index is 0.449. The van der Waals surface area contributed by atoms with Gasteiger partial charge < -0.3 is 5.32 Å². The van der Waals surface area contributed by atoms with Crippen LogP contribution in [0.2, 0.25) is 0 Å². The van der Waals surface area contributed by atoms with E-state index in [9.17, 15) is 0 Å². The summed E-state index contributed by atoms with van der Waals surface area (Å²) < 4.78 is 0. The molecule has 1 N–H and O–H groups in total. The van der Waals surface area contributed by atoms with E-state index in [1.165, 1.54) is 0 Å². The first kappa shape index (κ1) is 13.1. The molecule has 0 aromatic carbocycles. The van der Waals surface area contributed by atoms with Crippen LogP contribution in [-0.4, -0.2) is 22.6 Å². The Hall–Kier alpha value is -0.960. The Balaban J connectivity index is 2.98. The molecular weight excluding hydrogens is 198 g/mol. The first-order valence-corrected chi connectivity index (χ1v) is 6.13. The second kappa shape index (κ2) is 5.94. The van der Waals surface area contributed by atoms with Crippen LogP contribution in [0.5, 0.6) is 0 Å². The molecule has 1 rings (SSSR count). The van der Waals surface area contributed by atoms with Crippen molar-refractivity contribution < 1.29 is 0 Å². The largest absolute Gasteiger partial charge is 0.314 e. The summed E-state index contributed by atoms with van der Waals surface area (Å²) in [7, 11) is 0. The van der Waals surface area contributed by atoms with Crippen molar-refractivity contribution in [1.29, 1.82) is 0 Å². The SMILES string of the molecule is CCNC(C)C(CC)c1nc(C)cnc1C. The van der Waals surface area contributed by atoms with Crippen LogP contribution in [0.1, 0.15) is 50.2 Å². The van der Waals surface area contributed by atoms with E-state index in [0.717, 1.165) is 30.0 Å². The van der Waals surface area contributed by atoms with Crippen molar-refractivity contribution in [3.63, 3.8) is 0 Å². The van der Waals surface area contributed by atoms with Gasteiger partial charge >= 0.3 is 0 Å². The predicted molar refractivity (Wildman–Crippen MR) is 67.7 cm³/mol. The monoisotopic (exact) mass is 221 g/mol. The molecule has 3 heteroatoms. The van der Waals surface area contributed by atoms with Crippen LogP contribution in [0, 0.1) is 13.8 Å². The Kier molecular flexibility index (Phi) is 4.87. The van der Waals surface area contributed by atoms with Crippen molar-refractivity contribution in [2.45, 2.75) is 53.0 Å². The zero-order valence-electron chi connectivity index (χ0n) is 11.0. The molecule has 0 aliphatic heterocycles. The fourth-order valence-corrected chi connectivity index (χ4v) is 2.16. The number of likely N-dealkylation sites (N-methyl/N-ethyl adjacent to an activating group) is 1. The molecule has 0 saturated carbocycles. The van der Waals surface area contributed by atoms with Crippen molar-refractivity contribution >= 4 is 0 Å². The van der Waals surface area contributed by atoms with Crippen LogP contribution >= 0.6 is 0 Å². The van der Waals surface area contributed by atoms with E-state index in [4.69, 9.17) is 0 Å². The Morgan fingerprint density at radius 1 is 1.31 bits per heavy atom. The quantitative estimate of drug-likeness (QED) is 0.830. The third-order valence-corrected chi connectivity index (χ3v) is 3.03. The maximum atomic E-state index is 4.64. The number of hydrogen-bond acceptors (Lipinski definition) is 3. The highest BCUT2D eigenvalue weighted by molar-refractivity contribution is 5.18. The van der Waals surface area contributed by atoms with Gasteiger partial charge in [0.1, 0.15) is 0 Å². The van der Waals surface area contributed by atoms with Gasteiger partial charge in [0.15, 0.2) is 0 Å². The standard InChI is InChI=1S/C13H23N3/c1-6-12(10(4)14-7-2)13-11(5)15-8-9(3)16-13/h8,10,12,14H,6-7H2,1-5H3. The first-order valence-electron chi connectivity index (χ1n) is 6.13. The maximum Gasteiger partial charge on any atom is 0.0665 e. The molecule has 0 radical (unpaired) electrons. The van der Waals surface area contributed by atoms with Gasteiger partial charge in [-0.25, -0.2) is 0 Å². The lowest BCUT2D eigenvalue weighted by Gasteiger charge is -2.24. The van der Waals surface area contributed by atoms with Crippen LogP contribution in [0.4, 0.5) is 0 Å². The summed E-state index contributed by atoms with van der Waals surface area (Å²) in [6.45, 7) is 11.6. The molecule has 0 amide bonds. The predicted octanol–water partition coefficient (Wildman–Crippen LogP) is 2.59. The molecule has 90 valence electrons. The fraction of sp³-hybridized carbons (Fsp3) is 0.692. The van der Waals surface area contributed by atoms with Crippen LogP contribution in [0.25, 0.3) is 0 Å². The lowest BCUT2D eigenvalue weighted by molar-refractivity contribution is 0.449. The van der Waals surface area contributed by atoms with Gasteiger partial charge in [-0.05, 0) is 33.7 Å². The van der Waals surface area contributed by atoms with Gasteiger partial charge in [0.05, 0.1) is 17.1 Å². The van der Waals surface area contributed by atoms with E-state index in [1.807, 2.05) is 20.0 Å². The van der Waals surface area contributed by atoms with Crippen molar-refractivity contribution in [2.24, 2.45) is 0 Å². The molecular formula is C13H23N3. The Labute approximate surface area is 98.7 Å². The zero-order valence-corrected chi connectivity index (χ0v) is 11.0. The molecule has 2 unspecified atom stereocenters. The maximum absolute atomic E-state index is 4.64. The third-order valence-electron chi connectivity index (χ3n) is 3.03. The van der Waals surface area contributed by atoms with Crippen molar-refractivity contribution in [2.75, 3.05) is 6.54 Å². The summed E-state index contributed by atoms with van der Waals surface area (Å²) in [6.07, 6.45) is 2.93. The van der Waals surface area contributed by atoms with Gasteiger partial charge in [-0.3, -0.25) is 9.97 Å². The molecule has 0 spiro atoms. The summed E-state index contributed by atoms with van der Waals surface area (Å²) in [5.74, 6) is 0.451. The van der Waals surface area contributed by atoms with Gasteiger partial charge in [-0.2, -0.15) is 0 Å². The molecule has 1 aromatic rings. The summed E-state index contributed by atoms with van der Waals surface area (Å²) in [5, 5.41) is 3.47. The second-order valence-electron chi connectivity index (χ2n) is 4.34. The number of nitrogens with one attached hydrogen (secondary N) is 1. The molecule has 0 fully saturated rings. The minimum absolute atomic E-state index is 0.449. The molecule has 2 atom stereocenters. The first-order chi connectivity index (χ1) is 7.60. The van der Waals surface area contributed by atoms with E-state index in [-0.39, 0.29) is 0 Å². The summed E-state index contributed by atoms with van der Waals surface area (Å²) in [4.78, 5) is 9.04. The summed E-state index contributed by atoms with van der Waals surface area (Å²) >= 11 is 0. The molecule has 16 heavy (non-hydrogen) atoms. The van der Waals surface area contributed by atoms with Crippen LogP contribution < -0.4 is 5.32 Å². The second-order valence-corrected chi connectivity index (χ2v) is 4.34. The topological polar surface area (TPSA) is 37.8 Å². The highest BCUT2D eigenvalue weighted by Crippen LogP contribution is 2.23. The van der Waals surface area contributed by atoms with Gasteiger partial charge in [0.25, 0.3) is 0 Å². The summed E-state index contributed by atoms with van der Waals surface area (Å²) in [5.41, 5.74) is 3.21. The number of aryl methyl sites for hydroxylation is 2. The molecule has 3 nitrogen and oxygen atoms in total. The van der Waals surface area contributed by atoms with Gasteiger partial charge in [-0.15, -0.1) is 0 Å². The number of nitrogens with zero attached hydrogens (tertiary/aromatic N) is 2. The summed E-state index contributed by atoms with van der Waals surface area (Å²) in [6, 6.07) is 0.449. The lowest BCUT2D eigenvalue weighted by atomic mass is 9.93. The van der Waals surface area contributed by atoms with Gasteiger partial charge in [-0.1, -0.05) is 13.8 Å². The molecule has 1 heterocycles. The number of aromatic nitrogens is 2. The van der Waals surface area contributed by atoms with Gasteiger partial charge in [0, 0.05) is 18.2 Å². The third kappa shape index (κ3) is 3.01. The van der Waals surface area contributed by atoms with E-state index < -0.39 is 0 Å². The average molecular weight is 221 g/mol. The van der Waals surface area contributed by atoms with Crippen LogP contribution in [0.15, 0.2) is 6.20 Å². The van der Waals surface area contributed by atoms with E-state index in [0.29, 0.717) is 12.0 Å². The number of rotatable bonds is 5. The van der Waals surface area contributed by atoms with Crippen molar-refractivity contribution in [3.8, 4) is 0 Å². The van der Waals surface area contributed by atoms with Crippen LogP contribution in [-0.2, 0) is 0 Å². The average Bonchev–Trinajstić information content (AvgIpc) is 2.24. The van der Waals surface area contributed by atoms with E-state index >= 15 is 0 Å². The zero-order chi connectivity index (χ0) is 12.1. The Morgan fingerprint density at radius 3 is 2.56 bits per heavy atom. The van der Waals surface area contributed by atoms with Crippen LogP contribution in [0.3, 0.4) is 0 Å². The molecule has 0 aliphatic rings. The Bertz CT molecular complexity index is 336. The Morgan fingerprint density at radius 2 is 2.00 bits per heavy atom.